The molecule has 1 aliphatic heterocycles. The first kappa shape index (κ1) is 29.0. The number of hydrogen-bond donors (Lipinski definition) is 0. The first-order valence-electron chi connectivity index (χ1n) is 14.4. The summed E-state index contributed by atoms with van der Waals surface area (Å²) in [6.07, 6.45) is 2.74. The summed E-state index contributed by atoms with van der Waals surface area (Å²) in [4.78, 5) is 0. The molecule has 4 nitrogen and oxygen atoms in total. The average molecular weight is 565 g/mol. The minimum Gasteiger partial charge on any atom is -0.493 e. The Morgan fingerprint density at radius 1 is 0.634 bits per heavy atom. The minimum absolute atomic E-state index is 0.135. The van der Waals surface area contributed by atoms with E-state index in [1.165, 1.54) is 10.4 Å². The average Bonchev–Trinajstić information content (AvgIpc) is 3.01. The molecule has 5 heteroatoms. The van der Waals surface area contributed by atoms with Gasteiger partial charge in [0.25, 0.3) is 8.32 Å². The molecule has 0 spiro atoms. The molecule has 0 saturated carbocycles. The molecule has 0 N–H and O–H groups in total. The molecule has 1 aliphatic rings. The summed E-state index contributed by atoms with van der Waals surface area (Å²) in [5.74, 6) is 0. The van der Waals surface area contributed by atoms with Gasteiger partial charge in [0.2, 0.25) is 0 Å². The Labute approximate surface area is 245 Å². The van der Waals surface area contributed by atoms with Gasteiger partial charge in [-0.3, -0.25) is 0 Å². The highest BCUT2D eigenvalue weighted by molar-refractivity contribution is 6.99. The van der Waals surface area contributed by atoms with Crippen LogP contribution in [0.15, 0.2) is 134 Å². The zero-order valence-corrected chi connectivity index (χ0v) is 25.2. The van der Waals surface area contributed by atoms with Gasteiger partial charge in [0, 0.05) is 0 Å². The van der Waals surface area contributed by atoms with E-state index in [0.29, 0.717) is 19.8 Å². The van der Waals surface area contributed by atoms with Crippen molar-refractivity contribution in [2.45, 2.75) is 57.3 Å². The van der Waals surface area contributed by atoms with E-state index in [4.69, 9.17) is 18.6 Å². The number of ether oxygens (including phenoxy) is 3. The zero-order chi connectivity index (χ0) is 28.5. The Kier molecular flexibility index (Phi) is 9.52. The van der Waals surface area contributed by atoms with Crippen LogP contribution in [-0.4, -0.2) is 33.2 Å². The number of hydrogen-bond acceptors (Lipinski definition) is 4. The molecule has 212 valence electrons. The van der Waals surface area contributed by atoms with Gasteiger partial charge in [-0.1, -0.05) is 142 Å². The smallest absolute Gasteiger partial charge is 0.261 e. The molecule has 0 fully saturated rings. The monoisotopic (exact) mass is 564 g/mol. The van der Waals surface area contributed by atoms with Gasteiger partial charge in [0.1, 0.15) is 18.3 Å². The molecule has 0 aliphatic carbocycles. The summed E-state index contributed by atoms with van der Waals surface area (Å²) in [5, 5.41) is 2.34. The maximum atomic E-state index is 7.24. The van der Waals surface area contributed by atoms with E-state index in [2.05, 4.69) is 106 Å². The van der Waals surface area contributed by atoms with Gasteiger partial charge in [-0.2, -0.15) is 0 Å². The first-order chi connectivity index (χ1) is 20.0. The maximum absolute atomic E-state index is 7.24. The van der Waals surface area contributed by atoms with Gasteiger partial charge in [0.15, 0.2) is 0 Å². The molecule has 5 rings (SSSR count). The van der Waals surface area contributed by atoms with Gasteiger partial charge in [-0.05, 0) is 32.6 Å². The largest absolute Gasteiger partial charge is 0.493 e. The summed E-state index contributed by atoms with van der Waals surface area (Å²) >= 11 is 0. The minimum atomic E-state index is -2.74. The Morgan fingerprint density at radius 2 is 1.10 bits per heavy atom. The summed E-state index contributed by atoms with van der Waals surface area (Å²) in [5.41, 5.74) is 2.23. The van der Waals surface area contributed by atoms with E-state index in [9.17, 15) is 0 Å². The van der Waals surface area contributed by atoms with Crippen molar-refractivity contribution in [1.29, 1.82) is 0 Å². The Bertz CT molecular complexity index is 1320. The quantitative estimate of drug-likeness (QED) is 0.191. The standard InChI is InChI=1S/C36H40O4Si/c1-36(2,3)41(31-20-12-6-13-21-31,32-22-14-7-15-23-32)40-28-34-35(39-27-30-18-10-5-11-19-30)33(24-25-37-34)38-26-29-16-8-4-9-17-29/h4-25,33-35H,26-28H2,1-3H3/t33-,34-,35+/m1/s1. The topological polar surface area (TPSA) is 36.9 Å². The molecular weight excluding hydrogens is 524 g/mol. The van der Waals surface area contributed by atoms with Crippen LogP contribution >= 0.6 is 0 Å². The predicted octanol–water partition coefficient (Wildman–Crippen LogP) is 6.65. The predicted molar refractivity (Wildman–Crippen MR) is 168 cm³/mol. The lowest BCUT2D eigenvalue weighted by Gasteiger charge is -2.44. The van der Waals surface area contributed by atoms with Gasteiger partial charge in [0.05, 0.1) is 26.1 Å². The lowest BCUT2D eigenvalue weighted by atomic mass is 10.1. The van der Waals surface area contributed by atoms with Gasteiger partial charge in [-0.25, -0.2) is 0 Å². The van der Waals surface area contributed by atoms with Crippen LogP contribution in [0, 0.1) is 0 Å². The Balaban J connectivity index is 1.43. The van der Waals surface area contributed by atoms with Crippen LogP contribution in [0.4, 0.5) is 0 Å². The molecule has 0 amide bonds. The molecular formula is C36H40O4Si. The first-order valence-corrected chi connectivity index (χ1v) is 16.3. The van der Waals surface area contributed by atoms with Crippen molar-refractivity contribution < 1.29 is 18.6 Å². The summed E-state index contributed by atoms with van der Waals surface area (Å²) in [7, 11) is -2.74. The normalized spacial score (nSPS) is 19.0. The van der Waals surface area contributed by atoms with Crippen molar-refractivity contribution in [3.63, 3.8) is 0 Å². The molecule has 4 aromatic rings. The van der Waals surface area contributed by atoms with E-state index < -0.39 is 8.32 Å². The molecule has 4 aromatic carbocycles. The van der Waals surface area contributed by atoms with Gasteiger partial charge in [-0.15, -0.1) is 0 Å². The second kappa shape index (κ2) is 13.5. The summed E-state index contributed by atoms with van der Waals surface area (Å²) in [6.45, 7) is 8.19. The van der Waals surface area contributed by atoms with Gasteiger partial charge >= 0.3 is 0 Å². The fraction of sp³-hybridized carbons (Fsp3) is 0.278. The third-order valence-electron chi connectivity index (χ3n) is 7.66. The van der Waals surface area contributed by atoms with Crippen LogP contribution in [0.25, 0.3) is 0 Å². The van der Waals surface area contributed by atoms with Crippen molar-refractivity contribution in [3.05, 3.63) is 145 Å². The lowest BCUT2D eigenvalue weighted by Crippen LogP contribution is -2.67. The van der Waals surface area contributed by atoms with Crippen molar-refractivity contribution >= 4 is 18.7 Å². The lowest BCUT2D eigenvalue weighted by molar-refractivity contribution is -0.138. The van der Waals surface area contributed by atoms with E-state index in [1.54, 1.807) is 6.26 Å². The highest BCUT2D eigenvalue weighted by Gasteiger charge is 2.51. The van der Waals surface area contributed by atoms with Crippen molar-refractivity contribution in [3.8, 4) is 0 Å². The van der Waals surface area contributed by atoms with E-state index >= 15 is 0 Å². The Hall–Kier alpha value is -3.48. The molecule has 0 unspecified atom stereocenters. The number of benzene rings is 4. The third kappa shape index (κ3) is 6.88. The van der Waals surface area contributed by atoms with E-state index in [0.717, 1.165) is 11.1 Å². The molecule has 0 bridgehead atoms. The summed E-state index contributed by atoms with van der Waals surface area (Å²) < 4.78 is 26.5. The highest BCUT2D eigenvalue weighted by atomic mass is 28.4. The second-order valence-corrected chi connectivity index (χ2v) is 15.8. The summed E-state index contributed by atoms with van der Waals surface area (Å²) in [6, 6.07) is 41.8. The maximum Gasteiger partial charge on any atom is 0.261 e. The van der Waals surface area contributed by atoms with Crippen LogP contribution in [0.2, 0.25) is 5.04 Å². The fourth-order valence-electron chi connectivity index (χ4n) is 5.61. The molecule has 41 heavy (non-hydrogen) atoms. The number of rotatable bonds is 11. The molecule has 0 aromatic heterocycles. The van der Waals surface area contributed by atoms with Crippen LogP contribution in [0.3, 0.4) is 0 Å². The van der Waals surface area contributed by atoms with Crippen molar-refractivity contribution in [2.24, 2.45) is 0 Å². The van der Waals surface area contributed by atoms with E-state index in [-0.39, 0.29) is 23.4 Å². The van der Waals surface area contributed by atoms with Crippen LogP contribution < -0.4 is 10.4 Å². The molecule has 0 saturated heterocycles. The molecule has 3 atom stereocenters. The van der Waals surface area contributed by atoms with Crippen molar-refractivity contribution in [2.75, 3.05) is 6.61 Å². The van der Waals surface area contributed by atoms with Crippen LogP contribution in [0.1, 0.15) is 31.9 Å². The molecule has 1 heterocycles. The Morgan fingerprint density at radius 3 is 1.59 bits per heavy atom. The SMILES string of the molecule is CC(C)(C)[Si](OC[C@H]1OC=C[C@@H](OCc2ccccc2)[C@@H]1OCc1ccccc1)(c1ccccc1)c1ccccc1. The van der Waals surface area contributed by atoms with Crippen LogP contribution in [0.5, 0.6) is 0 Å². The van der Waals surface area contributed by atoms with Crippen LogP contribution in [-0.2, 0) is 31.9 Å². The van der Waals surface area contributed by atoms with Gasteiger partial charge < -0.3 is 18.6 Å². The molecule has 0 radical (unpaired) electrons. The van der Waals surface area contributed by atoms with E-state index in [1.807, 2.05) is 42.5 Å². The fourth-order valence-corrected chi connectivity index (χ4v) is 10.2. The highest BCUT2D eigenvalue weighted by Crippen LogP contribution is 2.37. The van der Waals surface area contributed by atoms with Crippen molar-refractivity contribution in [1.82, 2.24) is 0 Å². The zero-order valence-electron chi connectivity index (χ0n) is 24.2. The third-order valence-corrected chi connectivity index (χ3v) is 12.7. The second-order valence-electron chi connectivity index (χ2n) is 11.5.